The van der Waals surface area contributed by atoms with Crippen molar-refractivity contribution < 1.29 is 17.6 Å². The van der Waals surface area contributed by atoms with Crippen LogP contribution in [0.15, 0.2) is 34.0 Å². The minimum absolute atomic E-state index is 0.105. The summed E-state index contributed by atoms with van der Waals surface area (Å²) in [6, 6.07) is 3.17. The van der Waals surface area contributed by atoms with Gasteiger partial charge in [0.15, 0.2) is 9.84 Å². The van der Waals surface area contributed by atoms with Crippen LogP contribution in [0.3, 0.4) is 0 Å². The molecule has 1 atom stereocenters. The van der Waals surface area contributed by atoms with Crippen molar-refractivity contribution in [1.29, 1.82) is 0 Å². The van der Waals surface area contributed by atoms with E-state index in [1.807, 2.05) is 12.3 Å². The standard InChI is InChI=1S/C20H20FN5O3S2/c1-11-6-16-14(19(25-24-16)17-9-30-10-22-17)8-26(11)20(27)23-12-2-5-15(21)18(7-12)31(28,29)13-3-4-13/h2,5,7,9-11,13H,3-4,6,8H2,1H3,(H,23,27)(H,24,25). The molecular weight excluding hydrogens is 441 g/mol. The molecule has 0 bridgehead atoms. The molecule has 2 amide bonds. The number of benzene rings is 1. The van der Waals surface area contributed by atoms with E-state index in [-0.39, 0.29) is 22.7 Å². The number of aromatic amines is 1. The minimum atomic E-state index is -3.71. The molecule has 162 valence electrons. The summed E-state index contributed by atoms with van der Waals surface area (Å²) in [7, 11) is -3.71. The molecule has 3 aromatic rings. The van der Waals surface area contributed by atoms with Crippen LogP contribution in [0.2, 0.25) is 0 Å². The highest BCUT2D eigenvalue weighted by Crippen LogP contribution is 2.36. The number of anilines is 1. The van der Waals surface area contributed by atoms with Gasteiger partial charge in [-0.1, -0.05) is 0 Å². The molecule has 2 N–H and O–H groups in total. The number of amides is 2. The number of fused-ring (bicyclic) bond motifs is 1. The Kier molecular flexibility index (Phi) is 4.82. The first kappa shape index (κ1) is 20.1. The number of carbonyl (C=O) groups excluding carboxylic acids is 1. The van der Waals surface area contributed by atoms with E-state index < -0.39 is 20.9 Å². The molecule has 1 aliphatic carbocycles. The van der Waals surface area contributed by atoms with Crippen molar-refractivity contribution in [1.82, 2.24) is 20.1 Å². The van der Waals surface area contributed by atoms with E-state index in [9.17, 15) is 17.6 Å². The Hall–Kier alpha value is -2.79. The smallest absolute Gasteiger partial charge is 0.317 e. The molecular formula is C20H20FN5O3S2. The summed E-state index contributed by atoms with van der Waals surface area (Å²) in [6.45, 7) is 2.26. The highest BCUT2D eigenvalue weighted by atomic mass is 32.2. The number of carbonyl (C=O) groups is 1. The van der Waals surface area contributed by atoms with E-state index in [4.69, 9.17) is 0 Å². The lowest BCUT2D eigenvalue weighted by Gasteiger charge is -2.33. The first-order valence-electron chi connectivity index (χ1n) is 9.90. The fraction of sp³-hybridized carbons (Fsp3) is 0.350. The van der Waals surface area contributed by atoms with Crippen molar-refractivity contribution >= 4 is 32.9 Å². The Bertz CT molecular complexity index is 1250. The van der Waals surface area contributed by atoms with E-state index in [1.165, 1.54) is 23.5 Å². The Morgan fingerprint density at radius 2 is 2.16 bits per heavy atom. The lowest BCUT2D eigenvalue weighted by atomic mass is 9.99. The van der Waals surface area contributed by atoms with Gasteiger partial charge >= 0.3 is 6.03 Å². The van der Waals surface area contributed by atoms with Crippen LogP contribution in [0, 0.1) is 5.82 Å². The molecule has 1 saturated carbocycles. The van der Waals surface area contributed by atoms with E-state index >= 15 is 0 Å². The molecule has 1 aromatic carbocycles. The second-order valence-corrected chi connectivity index (χ2v) is 10.8. The van der Waals surface area contributed by atoms with Crippen LogP contribution in [-0.2, 0) is 22.8 Å². The summed E-state index contributed by atoms with van der Waals surface area (Å²) in [5.74, 6) is -0.799. The third kappa shape index (κ3) is 3.61. The van der Waals surface area contributed by atoms with Gasteiger partial charge in [-0.3, -0.25) is 5.10 Å². The summed E-state index contributed by atoms with van der Waals surface area (Å²) in [5, 5.41) is 11.5. The second kappa shape index (κ2) is 7.41. The van der Waals surface area contributed by atoms with Gasteiger partial charge in [0.25, 0.3) is 0 Å². The SMILES string of the molecule is CC1Cc2[nH]nc(-c3cscn3)c2CN1C(=O)Nc1ccc(F)c(S(=O)(=O)C2CC2)c1. The number of urea groups is 1. The van der Waals surface area contributed by atoms with Gasteiger partial charge in [-0.2, -0.15) is 5.10 Å². The topological polar surface area (TPSA) is 108 Å². The molecule has 31 heavy (non-hydrogen) atoms. The Morgan fingerprint density at radius 1 is 1.35 bits per heavy atom. The maximum Gasteiger partial charge on any atom is 0.322 e. The van der Waals surface area contributed by atoms with Crippen molar-refractivity contribution in [2.24, 2.45) is 0 Å². The number of nitrogens with one attached hydrogen (secondary N) is 2. The zero-order valence-electron chi connectivity index (χ0n) is 16.6. The van der Waals surface area contributed by atoms with Crippen LogP contribution in [0.5, 0.6) is 0 Å². The van der Waals surface area contributed by atoms with Crippen molar-refractivity contribution in [3.63, 3.8) is 0 Å². The predicted octanol–water partition coefficient (Wildman–Crippen LogP) is 3.59. The number of sulfone groups is 1. The summed E-state index contributed by atoms with van der Waals surface area (Å²) in [4.78, 5) is 18.6. The highest BCUT2D eigenvalue weighted by Gasteiger charge is 2.39. The van der Waals surface area contributed by atoms with Gasteiger partial charge in [-0.05, 0) is 38.0 Å². The first-order valence-corrected chi connectivity index (χ1v) is 12.4. The Balaban J connectivity index is 1.39. The summed E-state index contributed by atoms with van der Waals surface area (Å²) >= 11 is 1.47. The van der Waals surface area contributed by atoms with Gasteiger partial charge in [0.1, 0.15) is 22.1 Å². The van der Waals surface area contributed by atoms with E-state index in [2.05, 4.69) is 20.5 Å². The van der Waals surface area contributed by atoms with Crippen LogP contribution in [0.25, 0.3) is 11.4 Å². The van der Waals surface area contributed by atoms with Gasteiger partial charge in [-0.15, -0.1) is 11.3 Å². The number of halogens is 1. The van der Waals surface area contributed by atoms with Crippen molar-refractivity contribution in [3.05, 3.63) is 46.2 Å². The lowest BCUT2D eigenvalue weighted by Crippen LogP contribution is -2.44. The average Bonchev–Trinajstić information content (AvgIpc) is 3.32. The maximum atomic E-state index is 14.2. The molecule has 11 heteroatoms. The van der Waals surface area contributed by atoms with Crippen LogP contribution in [0.1, 0.15) is 31.0 Å². The largest absolute Gasteiger partial charge is 0.322 e. The third-order valence-electron chi connectivity index (χ3n) is 5.70. The third-order valence-corrected chi connectivity index (χ3v) is 8.56. The summed E-state index contributed by atoms with van der Waals surface area (Å²) < 4.78 is 39.2. The summed E-state index contributed by atoms with van der Waals surface area (Å²) in [6.07, 6.45) is 1.68. The van der Waals surface area contributed by atoms with Crippen LogP contribution >= 0.6 is 11.3 Å². The first-order chi connectivity index (χ1) is 14.8. The Labute approximate surface area is 182 Å². The molecule has 3 heterocycles. The number of aromatic nitrogens is 3. The lowest BCUT2D eigenvalue weighted by molar-refractivity contribution is 0.182. The average molecular weight is 462 g/mol. The molecule has 1 unspecified atom stereocenters. The fourth-order valence-corrected chi connectivity index (χ4v) is 6.12. The van der Waals surface area contributed by atoms with Gasteiger partial charge < -0.3 is 10.2 Å². The van der Waals surface area contributed by atoms with Gasteiger partial charge in [-0.25, -0.2) is 22.6 Å². The number of hydrogen-bond donors (Lipinski definition) is 2. The predicted molar refractivity (Wildman–Crippen MR) is 114 cm³/mol. The zero-order chi connectivity index (χ0) is 21.8. The number of hydrogen-bond acceptors (Lipinski definition) is 6. The van der Waals surface area contributed by atoms with Gasteiger partial charge in [0.2, 0.25) is 0 Å². The molecule has 1 fully saturated rings. The number of nitrogens with zero attached hydrogens (tertiary/aromatic N) is 3. The molecule has 2 aromatic heterocycles. The van der Waals surface area contributed by atoms with E-state index in [0.29, 0.717) is 25.8 Å². The van der Waals surface area contributed by atoms with Crippen LogP contribution in [-0.4, -0.2) is 45.8 Å². The number of thiazole rings is 1. The van der Waals surface area contributed by atoms with E-state index in [1.54, 1.807) is 10.4 Å². The van der Waals surface area contributed by atoms with Crippen molar-refractivity contribution in [2.75, 3.05) is 5.32 Å². The second-order valence-electron chi connectivity index (χ2n) is 7.90. The van der Waals surface area contributed by atoms with Gasteiger partial charge in [0.05, 0.1) is 17.3 Å². The number of rotatable bonds is 4. The normalized spacial score (nSPS) is 18.6. The molecule has 8 nitrogen and oxygen atoms in total. The molecule has 0 radical (unpaired) electrons. The van der Waals surface area contributed by atoms with Crippen molar-refractivity contribution in [2.45, 2.75) is 48.9 Å². The minimum Gasteiger partial charge on any atom is -0.317 e. The quantitative estimate of drug-likeness (QED) is 0.617. The summed E-state index contributed by atoms with van der Waals surface area (Å²) in [5.41, 5.74) is 5.34. The molecule has 1 aliphatic heterocycles. The molecule has 5 rings (SSSR count). The van der Waals surface area contributed by atoms with Gasteiger partial charge in [0, 0.05) is 34.8 Å². The maximum absolute atomic E-state index is 14.2. The van der Waals surface area contributed by atoms with Crippen LogP contribution in [0.4, 0.5) is 14.9 Å². The van der Waals surface area contributed by atoms with E-state index in [0.717, 1.165) is 28.7 Å². The van der Waals surface area contributed by atoms with Crippen LogP contribution < -0.4 is 5.32 Å². The zero-order valence-corrected chi connectivity index (χ0v) is 18.3. The number of H-pyrrole nitrogens is 1. The van der Waals surface area contributed by atoms with Crippen molar-refractivity contribution in [3.8, 4) is 11.4 Å². The molecule has 0 spiro atoms. The highest BCUT2D eigenvalue weighted by molar-refractivity contribution is 7.92. The Morgan fingerprint density at radius 3 is 2.87 bits per heavy atom. The molecule has 2 aliphatic rings. The monoisotopic (exact) mass is 461 g/mol. The molecule has 0 saturated heterocycles. The fourth-order valence-electron chi connectivity index (χ4n) is 3.84.